The third-order valence-corrected chi connectivity index (χ3v) is 4.16. The van der Waals surface area contributed by atoms with E-state index >= 15 is 0 Å². The van der Waals surface area contributed by atoms with Gasteiger partial charge in [0.1, 0.15) is 11.6 Å². The summed E-state index contributed by atoms with van der Waals surface area (Å²) in [7, 11) is 0. The highest BCUT2D eigenvalue weighted by Gasteiger charge is 2.34. The summed E-state index contributed by atoms with van der Waals surface area (Å²) in [6, 6.07) is 3.79. The Balaban J connectivity index is 2.09. The summed E-state index contributed by atoms with van der Waals surface area (Å²) < 4.78 is 27.1. The molecule has 1 aromatic carbocycles. The number of hydrogen-bond donors (Lipinski definition) is 1. The average molecular weight is 267 g/mol. The van der Waals surface area contributed by atoms with Gasteiger partial charge in [-0.2, -0.15) is 0 Å². The second-order valence-electron chi connectivity index (χ2n) is 5.80. The Morgan fingerprint density at radius 1 is 1.21 bits per heavy atom. The lowest BCUT2D eigenvalue weighted by molar-refractivity contribution is 0.274. The quantitative estimate of drug-likeness (QED) is 0.766. The number of nitrogens with one attached hydrogen (secondary N) is 1. The summed E-state index contributed by atoms with van der Waals surface area (Å²) in [6.45, 7) is 4.05. The van der Waals surface area contributed by atoms with E-state index in [0.29, 0.717) is 12.0 Å². The highest BCUT2D eigenvalue weighted by atomic mass is 19.1. The van der Waals surface area contributed by atoms with Crippen molar-refractivity contribution in [3.63, 3.8) is 0 Å². The molecule has 3 heteroatoms. The predicted molar refractivity (Wildman–Crippen MR) is 74.1 cm³/mol. The lowest BCUT2D eigenvalue weighted by Crippen LogP contribution is -2.34. The molecule has 1 N–H and O–H groups in total. The van der Waals surface area contributed by atoms with Crippen molar-refractivity contribution in [2.24, 2.45) is 5.41 Å². The fraction of sp³-hybridized carbons (Fsp3) is 0.625. The Bertz CT molecular complexity index is 411. The number of halogens is 2. The molecule has 1 aliphatic rings. The van der Waals surface area contributed by atoms with E-state index in [-0.39, 0.29) is 17.0 Å². The van der Waals surface area contributed by atoms with E-state index in [0.717, 1.165) is 32.4 Å². The monoisotopic (exact) mass is 267 g/mol. The van der Waals surface area contributed by atoms with Gasteiger partial charge >= 0.3 is 0 Å². The molecular formula is C16H23F2N. The number of benzene rings is 1. The van der Waals surface area contributed by atoms with Gasteiger partial charge in [-0.3, -0.25) is 0 Å². The van der Waals surface area contributed by atoms with Gasteiger partial charge < -0.3 is 5.32 Å². The van der Waals surface area contributed by atoms with Crippen molar-refractivity contribution < 1.29 is 8.78 Å². The highest BCUT2D eigenvalue weighted by Crippen LogP contribution is 2.40. The average Bonchev–Trinajstić information content (AvgIpc) is 2.83. The second-order valence-corrected chi connectivity index (χ2v) is 5.80. The van der Waals surface area contributed by atoms with Crippen molar-refractivity contribution in [2.45, 2.75) is 45.4 Å². The van der Waals surface area contributed by atoms with E-state index in [1.807, 2.05) is 0 Å². The van der Waals surface area contributed by atoms with E-state index in [1.165, 1.54) is 31.0 Å². The molecule has 0 amide bonds. The normalized spacial score (nSPS) is 17.8. The Morgan fingerprint density at radius 2 is 1.95 bits per heavy atom. The predicted octanol–water partition coefficient (Wildman–Crippen LogP) is 4.07. The van der Waals surface area contributed by atoms with Crippen LogP contribution in [0.3, 0.4) is 0 Å². The van der Waals surface area contributed by atoms with E-state index in [9.17, 15) is 8.78 Å². The van der Waals surface area contributed by atoms with Crippen LogP contribution >= 0.6 is 0 Å². The van der Waals surface area contributed by atoms with Gasteiger partial charge in [0.2, 0.25) is 0 Å². The molecule has 1 fully saturated rings. The molecule has 0 saturated heterocycles. The molecule has 1 aliphatic carbocycles. The zero-order chi connectivity index (χ0) is 13.7. The van der Waals surface area contributed by atoms with Crippen LogP contribution in [0.4, 0.5) is 8.78 Å². The van der Waals surface area contributed by atoms with Gasteiger partial charge in [0.05, 0.1) is 0 Å². The third-order valence-electron chi connectivity index (χ3n) is 4.16. The first-order valence-corrected chi connectivity index (χ1v) is 7.30. The summed E-state index contributed by atoms with van der Waals surface area (Å²) in [5, 5.41) is 3.46. The smallest absolute Gasteiger partial charge is 0.126 e. The third kappa shape index (κ3) is 3.75. The van der Waals surface area contributed by atoms with Gasteiger partial charge in [0, 0.05) is 6.54 Å². The summed E-state index contributed by atoms with van der Waals surface area (Å²) in [6.07, 6.45) is 6.37. The standard InChI is InChI=1S/C16H23F2N/c1-2-9-19-12-16(7-3-4-8-16)11-13-10-14(17)5-6-15(13)18/h5-6,10,19H,2-4,7-9,11-12H2,1H3. The number of rotatable bonds is 6. The molecule has 0 atom stereocenters. The molecule has 1 aromatic rings. The summed E-state index contributed by atoms with van der Waals surface area (Å²) >= 11 is 0. The Kier molecular flexibility index (Phi) is 4.92. The van der Waals surface area contributed by atoms with Crippen LogP contribution in [0.1, 0.15) is 44.6 Å². The van der Waals surface area contributed by atoms with Crippen molar-refractivity contribution in [2.75, 3.05) is 13.1 Å². The Hall–Kier alpha value is -0.960. The lowest BCUT2D eigenvalue weighted by Gasteiger charge is -2.30. The Labute approximate surface area is 114 Å². The van der Waals surface area contributed by atoms with E-state index in [2.05, 4.69) is 12.2 Å². The Morgan fingerprint density at radius 3 is 2.63 bits per heavy atom. The number of hydrogen-bond acceptors (Lipinski definition) is 1. The van der Waals surface area contributed by atoms with E-state index in [1.54, 1.807) is 0 Å². The van der Waals surface area contributed by atoms with Gasteiger partial charge in [-0.15, -0.1) is 0 Å². The van der Waals surface area contributed by atoms with Crippen LogP contribution in [0.2, 0.25) is 0 Å². The van der Waals surface area contributed by atoms with Crippen molar-refractivity contribution in [1.29, 1.82) is 0 Å². The van der Waals surface area contributed by atoms with Crippen LogP contribution in [0.15, 0.2) is 18.2 Å². The van der Waals surface area contributed by atoms with Gasteiger partial charge in [-0.25, -0.2) is 8.78 Å². The molecule has 19 heavy (non-hydrogen) atoms. The van der Waals surface area contributed by atoms with Crippen molar-refractivity contribution in [1.82, 2.24) is 5.32 Å². The fourth-order valence-electron chi connectivity index (χ4n) is 3.15. The topological polar surface area (TPSA) is 12.0 Å². The summed E-state index contributed by atoms with van der Waals surface area (Å²) in [4.78, 5) is 0. The maximum absolute atomic E-state index is 13.8. The minimum absolute atomic E-state index is 0.115. The molecule has 0 aromatic heterocycles. The van der Waals surface area contributed by atoms with Crippen LogP contribution in [-0.4, -0.2) is 13.1 Å². The molecule has 0 spiro atoms. The van der Waals surface area contributed by atoms with E-state index < -0.39 is 0 Å². The first-order chi connectivity index (χ1) is 9.15. The minimum Gasteiger partial charge on any atom is -0.316 e. The molecule has 1 saturated carbocycles. The zero-order valence-electron chi connectivity index (χ0n) is 11.6. The van der Waals surface area contributed by atoms with E-state index in [4.69, 9.17) is 0 Å². The van der Waals surface area contributed by atoms with Crippen LogP contribution in [-0.2, 0) is 6.42 Å². The molecule has 0 aliphatic heterocycles. The summed E-state index contributed by atoms with van der Waals surface area (Å²) in [5.41, 5.74) is 0.643. The maximum Gasteiger partial charge on any atom is 0.126 e. The van der Waals surface area contributed by atoms with Crippen LogP contribution in [0, 0.1) is 17.0 Å². The molecule has 106 valence electrons. The summed E-state index contributed by atoms with van der Waals surface area (Å²) in [5.74, 6) is -0.616. The first-order valence-electron chi connectivity index (χ1n) is 7.30. The van der Waals surface area contributed by atoms with Crippen LogP contribution in [0.5, 0.6) is 0 Å². The first kappa shape index (κ1) is 14.4. The lowest BCUT2D eigenvalue weighted by atomic mass is 9.79. The SMILES string of the molecule is CCCNCC1(Cc2cc(F)ccc2F)CCCC1. The minimum atomic E-state index is -0.342. The molecule has 0 heterocycles. The molecule has 1 nitrogen and oxygen atoms in total. The van der Waals surface area contributed by atoms with Crippen LogP contribution < -0.4 is 5.32 Å². The van der Waals surface area contributed by atoms with Crippen molar-refractivity contribution in [3.05, 3.63) is 35.4 Å². The second kappa shape index (κ2) is 6.47. The molecule has 0 unspecified atom stereocenters. The van der Waals surface area contributed by atoms with Gasteiger partial charge in [0.25, 0.3) is 0 Å². The van der Waals surface area contributed by atoms with Crippen molar-refractivity contribution in [3.8, 4) is 0 Å². The van der Waals surface area contributed by atoms with Gasteiger partial charge in [-0.05, 0) is 61.4 Å². The molecular weight excluding hydrogens is 244 g/mol. The fourth-order valence-corrected chi connectivity index (χ4v) is 3.15. The largest absolute Gasteiger partial charge is 0.316 e. The highest BCUT2D eigenvalue weighted by molar-refractivity contribution is 5.21. The van der Waals surface area contributed by atoms with Gasteiger partial charge in [-0.1, -0.05) is 19.8 Å². The van der Waals surface area contributed by atoms with Gasteiger partial charge in [0.15, 0.2) is 0 Å². The zero-order valence-corrected chi connectivity index (χ0v) is 11.6. The van der Waals surface area contributed by atoms with Crippen molar-refractivity contribution >= 4 is 0 Å². The molecule has 0 radical (unpaired) electrons. The molecule has 2 rings (SSSR count). The molecule has 0 bridgehead atoms. The van der Waals surface area contributed by atoms with Crippen LogP contribution in [0.25, 0.3) is 0 Å². The maximum atomic E-state index is 13.8.